The smallest absolute Gasteiger partial charge is 0.276 e. The number of aromatic nitrogens is 3. The number of anilines is 1. The van der Waals surface area contributed by atoms with Crippen molar-refractivity contribution in [1.29, 1.82) is 0 Å². The Hall–Kier alpha value is -3.95. The molecule has 1 aromatic heterocycles. The van der Waals surface area contributed by atoms with Crippen molar-refractivity contribution < 1.29 is 33.7 Å². The summed E-state index contributed by atoms with van der Waals surface area (Å²) in [6, 6.07) is 0.571. The van der Waals surface area contributed by atoms with E-state index in [4.69, 9.17) is 22.2 Å². The number of Topliss-reactive ketones (excluding diaryl/α,β-unsaturated/α-hetero) is 1. The first-order valence-corrected chi connectivity index (χ1v) is 14.2. The van der Waals surface area contributed by atoms with Gasteiger partial charge in [0.15, 0.2) is 17.0 Å². The highest BCUT2D eigenvalue weighted by Crippen LogP contribution is 2.40. The summed E-state index contributed by atoms with van der Waals surface area (Å²) in [5.74, 6) is -2.70. The highest BCUT2D eigenvalue weighted by Gasteiger charge is 2.53. The van der Waals surface area contributed by atoms with Crippen molar-refractivity contribution in [1.82, 2.24) is 19.8 Å². The molecule has 40 heavy (non-hydrogen) atoms. The van der Waals surface area contributed by atoms with Gasteiger partial charge < -0.3 is 30.4 Å². The largest absolute Gasteiger partial charge is 0.543 e. The number of hydrogen-bond donors (Lipinski definition) is 2. The highest BCUT2D eigenvalue weighted by atomic mass is 35.5. The van der Waals surface area contributed by atoms with Gasteiger partial charge in [0.2, 0.25) is 11.5 Å². The van der Waals surface area contributed by atoms with Crippen LogP contribution in [0, 0.1) is 0 Å². The van der Waals surface area contributed by atoms with Crippen molar-refractivity contribution in [2.24, 2.45) is 5.16 Å². The molecule has 4 aliphatic heterocycles. The number of hydrogen-bond acceptors (Lipinski definition) is 11. The Morgan fingerprint density at radius 1 is 1.40 bits per heavy atom. The topological polar surface area (TPSA) is 176 Å². The fourth-order valence-corrected chi connectivity index (χ4v) is 6.59. The second kappa shape index (κ2) is 10.9. The van der Waals surface area contributed by atoms with Gasteiger partial charge in [0.1, 0.15) is 28.7 Å². The van der Waals surface area contributed by atoms with E-state index < -0.39 is 29.2 Å². The third-order valence-corrected chi connectivity index (χ3v) is 8.56. The van der Waals surface area contributed by atoms with Crippen LogP contribution < -0.4 is 20.7 Å². The van der Waals surface area contributed by atoms with Gasteiger partial charge >= 0.3 is 0 Å². The van der Waals surface area contributed by atoms with Crippen LogP contribution in [0.1, 0.15) is 30.0 Å². The van der Waals surface area contributed by atoms with Crippen LogP contribution in [0.2, 0.25) is 5.02 Å². The molecule has 1 saturated heterocycles. The van der Waals surface area contributed by atoms with Crippen molar-refractivity contribution in [2.45, 2.75) is 31.8 Å². The summed E-state index contributed by atoms with van der Waals surface area (Å²) in [6.07, 6.45) is 5.03. The molecule has 16 heteroatoms. The van der Waals surface area contributed by atoms with Crippen molar-refractivity contribution in [3.05, 3.63) is 57.7 Å². The number of carboxylic acid groups (broad SMARTS) is 1. The summed E-state index contributed by atoms with van der Waals surface area (Å²) >= 11 is 8.74. The van der Waals surface area contributed by atoms with E-state index in [1.807, 2.05) is 0 Å². The molecule has 0 aliphatic carbocycles. The van der Waals surface area contributed by atoms with Crippen molar-refractivity contribution in [3.8, 4) is 5.69 Å². The van der Waals surface area contributed by atoms with Gasteiger partial charge in [-0.25, -0.2) is 4.98 Å². The fourth-order valence-electron chi connectivity index (χ4n) is 4.47. The van der Waals surface area contributed by atoms with Crippen LogP contribution in [0.4, 0.5) is 5.13 Å². The highest BCUT2D eigenvalue weighted by molar-refractivity contribution is 8.00. The van der Waals surface area contributed by atoms with Crippen LogP contribution in [-0.4, -0.2) is 67.5 Å². The molecular formula is C24H22ClN7O6S2. The number of amides is 2. The Morgan fingerprint density at radius 2 is 2.17 bits per heavy atom. The lowest BCUT2D eigenvalue weighted by Crippen LogP contribution is -2.71. The average molecular weight is 604 g/mol. The maximum atomic E-state index is 13.1. The maximum absolute atomic E-state index is 13.1. The molecular weight excluding hydrogens is 582 g/mol. The second-order valence-electron chi connectivity index (χ2n) is 8.82. The number of carboxylic acids is 1. The van der Waals surface area contributed by atoms with Crippen LogP contribution in [0.5, 0.6) is 0 Å². The Morgan fingerprint density at radius 3 is 2.83 bits per heavy atom. The number of carbonyl (C=O) groups is 4. The van der Waals surface area contributed by atoms with Crippen molar-refractivity contribution in [3.63, 3.8) is 0 Å². The second-order valence-corrected chi connectivity index (χ2v) is 11.2. The number of aliphatic carboxylic acids is 1. The molecule has 1 fully saturated rings. The molecule has 0 spiro atoms. The number of nitrogens with two attached hydrogens (primary N) is 1. The van der Waals surface area contributed by atoms with E-state index in [0.717, 1.165) is 16.2 Å². The van der Waals surface area contributed by atoms with E-state index in [1.165, 1.54) is 24.1 Å². The van der Waals surface area contributed by atoms with Gasteiger partial charge in [-0.05, 0) is 12.5 Å². The molecule has 2 atom stereocenters. The van der Waals surface area contributed by atoms with Crippen LogP contribution in [0.15, 0.2) is 46.5 Å². The lowest BCUT2D eigenvalue weighted by Gasteiger charge is -2.50. The van der Waals surface area contributed by atoms with Gasteiger partial charge in [0, 0.05) is 30.7 Å². The molecule has 0 unspecified atom stereocenters. The number of fused-ring (bicyclic) bond motifs is 2. The number of ketones is 1. The first-order chi connectivity index (χ1) is 19.1. The molecule has 0 bridgehead atoms. The fraction of sp³-hybridized carbons (Fsp3) is 0.292. The molecule has 4 aliphatic rings. The molecule has 5 heterocycles. The lowest BCUT2D eigenvalue weighted by molar-refractivity contribution is -0.595. The third kappa shape index (κ3) is 4.91. The average Bonchev–Trinajstić information content (AvgIpc) is 3.49. The molecule has 0 saturated carbocycles. The zero-order chi connectivity index (χ0) is 28.7. The summed E-state index contributed by atoms with van der Waals surface area (Å²) in [5.41, 5.74) is 6.91. The van der Waals surface area contributed by atoms with Gasteiger partial charge in [-0.3, -0.25) is 19.3 Å². The third-order valence-electron chi connectivity index (χ3n) is 6.25. The number of thioether (sulfide) groups is 1. The van der Waals surface area contributed by atoms with E-state index in [-0.39, 0.29) is 46.9 Å². The molecule has 0 aromatic carbocycles. The van der Waals surface area contributed by atoms with Gasteiger partial charge in [-0.2, -0.15) is 4.57 Å². The molecule has 208 valence electrons. The quantitative estimate of drug-likeness (QED) is 0.112. The summed E-state index contributed by atoms with van der Waals surface area (Å²) < 4.78 is 3.36. The van der Waals surface area contributed by atoms with E-state index in [2.05, 4.69) is 15.5 Å². The summed E-state index contributed by atoms with van der Waals surface area (Å²) in [6.45, 7) is 3.46. The number of oxime groups is 1. The zero-order valence-corrected chi connectivity index (χ0v) is 23.5. The molecule has 1 aromatic rings. The minimum atomic E-state index is -1.50. The molecule has 13 nitrogen and oxygen atoms in total. The predicted octanol–water partition coefficient (Wildman–Crippen LogP) is -0.0580. The van der Waals surface area contributed by atoms with E-state index in [1.54, 1.807) is 40.7 Å². The van der Waals surface area contributed by atoms with Crippen molar-refractivity contribution in [2.75, 3.05) is 18.1 Å². The first kappa shape index (κ1) is 27.6. The van der Waals surface area contributed by atoms with Crippen molar-refractivity contribution >= 4 is 69.1 Å². The molecule has 5 rings (SSSR count). The summed E-state index contributed by atoms with van der Waals surface area (Å²) in [7, 11) is 0. The number of β-lactam (4-membered cyclic amide) rings is 1. The number of halogens is 1. The summed E-state index contributed by atoms with van der Waals surface area (Å²) in [4.78, 5) is 60.5. The van der Waals surface area contributed by atoms with E-state index >= 15 is 0 Å². The van der Waals surface area contributed by atoms with E-state index in [0.29, 0.717) is 22.0 Å². The van der Waals surface area contributed by atoms with Gasteiger partial charge in [-0.1, -0.05) is 16.8 Å². The number of rotatable bonds is 9. The molecule has 2 amide bonds. The number of nitrogen functional groups attached to an aromatic ring is 1. The first-order valence-electron chi connectivity index (χ1n) is 11.9. The molecule has 3 N–H and O–H groups in total. The SMILES string of the molecule is CCO/N=C(\C(=O)N[C@@H]1C(=O)N2C(C(=O)[O-])=C(Cn3cc[n+]4c(C(C)=O)cc(Cl)c-4c3)CS[C@H]12)c1csc(N)n1. The van der Waals surface area contributed by atoms with Gasteiger partial charge in [0.25, 0.3) is 17.5 Å². The van der Waals surface area contributed by atoms with Gasteiger partial charge in [0.05, 0.1) is 24.1 Å². The minimum absolute atomic E-state index is 0.133. The Balaban J connectivity index is 1.37. The lowest BCUT2D eigenvalue weighted by atomic mass is 10.0. The van der Waals surface area contributed by atoms with Crippen LogP contribution >= 0.6 is 34.7 Å². The number of nitrogens with zero attached hydrogens (tertiary/aromatic N) is 5. The Bertz CT molecular complexity index is 1580. The maximum Gasteiger partial charge on any atom is 0.276 e. The monoisotopic (exact) mass is 603 g/mol. The predicted molar refractivity (Wildman–Crippen MR) is 144 cm³/mol. The molecule has 0 radical (unpaired) electrons. The van der Waals surface area contributed by atoms with Crippen LogP contribution in [0.3, 0.4) is 0 Å². The minimum Gasteiger partial charge on any atom is -0.543 e. The van der Waals surface area contributed by atoms with Crippen LogP contribution in [-0.2, 0) is 25.8 Å². The standard InChI is InChI=1S/C24H22ClN7O6S2/c1-3-38-29-17(14-10-40-24(26)27-14)20(34)28-18-21(35)32-19(23(36)37)12(9-39-22(18)32)7-30-4-5-31-15(11(2)33)6-13(25)16(31)8-30/h4-6,8,10,18,22H,3,7,9H2,1-2H3,(H3-,26,27,28,34,36,37)/b29-17-/t18-,22-/m1/s1. The number of nitrogens with one attached hydrogen (secondary N) is 1. The zero-order valence-electron chi connectivity index (χ0n) is 21.1. The summed E-state index contributed by atoms with van der Waals surface area (Å²) in [5, 5.41) is 20.1. The van der Waals surface area contributed by atoms with Gasteiger partial charge in [-0.15, -0.1) is 23.1 Å². The number of thiazole rings is 1. The Labute approximate surface area is 240 Å². The van der Waals surface area contributed by atoms with E-state index in [9.17, 15) is 24.3 Å². The normalized spacial score (nSPS) is 18.9. The Kier molecular flexibility index (Phi) is 7.53. The van der Waals surface area contributed by atoms with Crippen LogP contribution in [0.25, 0.3) is 5.69 Å². The number of carbonyl (C=O) groups excluding carboxylic acids is 4.